The van der Waals surface area contributed by atoms with E-state index in [1.165, 1.54) is 24.7 Å². The Hall–Kier alpha value is -4.46. The van der Waals surface area contributed by atoms with Gasteiger partial charge in [-0.05, 0) is 36.8 Å². The van der Waals surface area contributed by atoms with Crippen molar-refractivity contribution in [2.45, 2.75) is 63.7 Å². The largest absolute Gasteiger partial charge is 0.481 e. The molecule has 18 heteroatoms. The van der Waals surface area contributed by atoms with Gasteiger partial charge in [0.15, 0.2) is 29.2 Å². The van der Waals surface area contributed by atoms with Gasteiger partial charge in [-0.3, -0.25) is 24.0 Å². The molecule has 5 rings (SSSR count). The first kappa shape index (κ1) is 36.4. The van der Waals surface area contributed by atoms with E-state index in [0.717, 1.165) is 6.42 Å². The number of nitrogens with zero attached hydrogens (tertiary/aromatic N) is 4. The summed E-state index contributed by atoms with van der Waals surface area (Å²) in [6.45, 7) is 2.55. The molecule has 5 atom stereocenters. The number of imidazole rings is 1. The van der Waals surface area contributed by atoms with Crippen molar-refractivity contribution < 1.29 is 43.7 Å². The molecule has 0 unspecified atom stereocenters. The smallest absolute Gasteiger partial charge is 0.306 e. The van der Waals surface area contributed by atoms with Gasteiger partial charge in [0.1, 0.15) is 0 Å². The van der Waals surface area contributed by atoms with Crippen LogP contribution in [0.3, 0.4) is 0 Å². The number of hydrogen-bond acceptors (Lipinski definition) is 12. The number of rotatable bonds is 13. The van der Waals surface area contributed by atoms with Gasteiger partial charge in [-0.25, -0.2) is 15.0 Å². The summed E-state index contributed by atoms with van der Waals surface area (Å²) < 4.78 is 13.8. The summed E-state index contributed by atoms with van der Waals surface area (Å²) in [5.74, 6) is 1.31. The van der Waals surface area contributed by atoms with Crippen LogP contribution >= 0.6 is 35.3 Å². The maximum Gasteiger partial charge on any atom is 0.306 e. The minimum absolute atomic E-state index is 0. The van der Waals surface area contributed by atoms with Crippen LogP contribution in [0.4, 0.5) is 5.82 Å². The molecule has 2 fully saturated rings. The number of carboxylic acid groups (broad SMARTS) is 2. The summed E-state index contributed by atoms with van der Waals surface area (Å²) in [5.41, 5.74) is -0.629. The molecule has 0 aliphatic heterocycles. The van der Waals surface area contributed by atoms with Crippen LogP contribution in [0, 0.1) is 23.2 Å². The third kappa shape index (κ3) is 7.48. The van der Waals surface area contributed by atoms with Gasteiger partial charge in [-0.1, -0.05) is 18.5 Å². The van der Waals surface area contributed by atoms with E-state index in [1.807, 2.05) is 6.92 Å². The molecular weight excluding hydrogens is 691 g/mol. The van der Waals surface area contributed by atoms with Gasteiger partial charge >= 0.3 is 23.9 Å². The average molecular weight is 724 g/mol. The quantitative estimate of drug-likeness (QED) is 0.148. The van der Waals surface area contributed by atoms with Crippen LogP contribution < -0.4 is 10.6 Å². The second-order valence-electron chi connectivity index (χ2n) is 11.1. The van der Waals surface area contributed by atoms with Crippen LogP contribution in [-0.2, 0) is 33.4 Å². The van der Waals surface area contributed by atoms with E-state index in [0.29, 0.717) is 32.7 Å². The average Bonchev–Trinajstić information content (AvgIpc) is 3.26. The Bertz CT molecular complexity index is 1800. The Kier molecular flexibility index (Phi) is 11.5. The van der Waals surface area contributed by atoms with Gasteiger partial charge in [-0.15, -0.1) is 23.7 Å². The predicted octanol–water partition coefficient (Wildman–Crippen LogP) is 3.04. The van der Waals surface area contributed by atoms with Crippen molar-refractivity contribution in [2.24, 2.45) is 11.3 Å². The maximum absolute atomic E-state index is 13.4. The molecule has 0 aromatic carbocycles. The molecule has 0 bridgehead atoms. The Morgan fingerprint density at radius 2 is 1.75 bits per heavy atom. The van der Waals surface area contributed by atoms with Gasteiger partial charge in [0.05, 0.1) is 52.7 Å². The molecule has 256 valence electrons. The van der Waals surface area contributed by atoms with Crippen molar-refractivity contribution in [3.05, 3.63) is 33.5 Å². The molecule has 15 nitrogen and oxygen atoms in total. The first-order chi connectivity index (χ1) is 22.5. The summed E-state index contributed by atoms with van der Waals surface area (Å²) in [6.07, 6.45) is -2.05. The van der Waals surface area contributed by atoms with Crippen LogP contribution in [0.15, 0.2) is 18.5 Å². The van der Waals surface area contributed by atoms with Gasteiger partial charge in [0.25, 0.3) is 0 Å². The number of thiophene rings is 1. The van der Waals surface area contributed by atoms with Crippen LogP contribution in [-0.4, -0.2) is 85.3 Å². The highest BCUT2D eigenvalue weighted by molar-refractivity contribution is 7.16. The topological polar surface area (TPSA) is 212 Å². The second-order valence-corrected chi connectivity index (χ2v) is 12.8. The summed E-state index contributed by atoms with van der Waals surface area (Å²) in [6, 6.07) is 2.65. The minimum atomic E-state index is -1.32. The zero-order valence-electron chi connectivity index (χ0n) is 25.7. The van der Waals surface area contributed by atoms with Crippen molar-refractivity contribution in [3.8, 4) is 11.8 Å². The number of esters is 2. The molecule has 2 aliphatic carbocycles. The summed E-state index contributed by atoms with van der Waals surface area (Å²) in [4.78, 5) is 76.0. The lowest BCUT2D eigenvalue weighted by molar-refractivity contribution is -0.175. The molecule has 2 saturated carbocycles. The van der Waals surface area contributed by atoms with E-state index in [9.17, 15) is 24.0 Å². The number of halogens is 2. The maximum atomic E-state index is 13.4. The number of aliphatic carboxylic acids is 2. The number of amides is 1. The zero-order chi connectivity index (χ0) is 33.9. The molecule has 1 amide bonds. The van der Waals surface area contributed by atoms with Crippen LogP contribution in [0.2, 0.25) is 4.34 Å². The molecule has 3 heterocycles. The number of carbonyl (C=O) groups excluding carboxylic acids is 3. The van der Waals surface area contributed by atoms with Crippen LogP contribution in [0.5, 0.6) is 0 Å². The third-order valence-electron chi connectivity index (χ3n) is 8.03. The van der Waals surface area contributed by atoms with E-state index < -0.39 is 85.1 Å². The highest BCUT2D eigenvalue weighted by Crippen LogP contribution is 2.69. The van der Waals surface area contributed by atoms with Gasteiger partial charge in [0.2, 0.25) is 11.7 Å². The standard InChI is InChI=1S/C30H31ClN6O9S.ClH/c1-3-12-33-27-23-28(36-18(35-27)7-5-15-4-6-17(31)47-15)37(14-34-23)24-16-13-30(16,29(44)32-2)26(46-22(43)11-9-20(40)41)25(24)45-21(42)10-8-19(38)39;/h4,6,14,16,24-26H,3,8-13H2,1-2H3,(H,32,44)(H,38,39)(H,40,41)(H,33,35,36);1H/t16-,24-,25+,26+,30+;/m1./s1. The van der Waals surface area contributed by atoms with Crippen LogP contribution in [0.1, 0.15) is 62.2 Å². The number of aromatic nitrogens is 4. The SMILES string of the molecule is CCCNc1nc(C#Cc2ccc(Cl)s2)nc2c1ncn2[C@H]1[C@H](OC(=O)CCC(=O)O)[C@H](OC(=O)CCC(=O)O)[C@]2(C(=O)NC)C[C@H]12.Cl. The molecule has 0 radical (unpaired) electrons. The summed E-state index contributed by atoms with van der Waals surface area (Å²) >= 11 is 7.34. The Morgan fingerprint density at radius 1 is 1.06 bits per heavy atom. The number of carbonyl (C=O) groups is 5. The predicted molar refractivity (Wildman–Crippen MR) is 174 cm³/mol. The van der Waals surface area contributed by atoms with E-state index in [2.05, 4.69) is 37.4 Å². The number of fused-ring (bicyclic) bond motifs is 2. The van der Waals surface area contributed by atoms with Crippen molar-refractivity contribution in [2.75, 3.05) is 18.9 Å². The van der Waals surface area contributed by atoms with Gasteiger partial charge in [-0.2, -0.15) is 0 Å². The first-order valence-electron chi connectivity index (χ1n) is 14.8. The molecule has 3 aromatic rings. The molecule has 48 heavy (non-hydrogen) atoms. The highest BCUT2D eigenvalue weighted by Gasteiger charge is 2.78. The fourth-order valence-corrected chi connectivity index (χ4v) is 6.82. The lowest BCUT2D eigenvalue weighted by Crippen LogP contribution is -2.46. The molecule has 0 spiro atoms. The number of ether oxygens (including phenoxy) is 2. The Labute approximate surface area is 289 Å². The molecule has 2 aliphatic rings. The highest BCUT2D eigenvalue weighted by atomic mass is 35.5. The molecule has 4 N–H and O–H groups in total. The molecule has 3 aromatic heterocycles. The van der Waals surface area contributed by atoms with Crippen molar-refractivity contribution >= 4 is 82.1 Å². The first-order valence-corrected chi connectivity index (χ1v) is 16.0. The number of anilines is 1. The number of carboxylic acids is 2. The van der Waals surface area contributed by atoms with Gasteiger partial charge in [0, 0.05) is 19.5 Å². The van der Waals surface area contributed by atoms with Crippen LogP contribution in [0.25, 0.3) is 11.2 Å². The number of hydrogen-bond donors (Lipinski definition) is 4. The van der Waals surface area contributed by atoms with Crippen molar-refractivity contribution in [1.29, 1.82) is 0 Å². The van der Waals surface area contributed by atoms with Crippen molar-refractivity contribution in [3.63, 3.8) is 0 Å². The summed E-state index contributed by atoms with van der Waals surface area (Å²) in [5, 5.41) is 24.0. The van der Waals surface area contributed by atoms with Gasteiger partial charge < -0.3 is 34.9 Å². The van der Waals surface area contributed by atoms with E-state index in [1.54, 1.807) is 16.7 Å². The minimum Gasteiger partial charge on any atom is -0.481 e. The Morgan fingerprint density at radius 3 is 2.35 bits per heavy atom. The Balaban J connectivity index is 0.00000520. The van der Waals surface area contributed by atoms with E-state index >= 15 is 0 Å². The fraction of sp³-hybridized carbons (Fsp3) is 0.467. The fourth-order valence-electron chi connectivity index (χ4n) is 5.92. The lowest BCUT2D eigenvalue weighted by atomic mass is 9.97. The molecular formula is C30H32Cl2N6O9S. The zero-order valence-corrected chi connectivity index (χ0v) is 28.1. The van der Waals surface area contributed by atoms with Crippen molar-refractivity contribution in [1.82, 2.24) is 24.8 Å². The third-order valence-corrected chi connectivity index (χ3v) is 9.18. The van der Waals surface area contributed by atoms with E-state index in [4.69, 9.17) is 31.3 Å². The second kappa shape index (κ2) is 15.2. The summed E-state index contributed by atoms with van der Waals surface area (Å²) in [7, 11) is 1.42. The normalized spacial score (nSPS) is 22.0. The molecule has 0 saturated heterocycles. The lowest BCUT2D eigenvalue weighted by Gasteiger charge is -2.31. The number of nitrogens with one attached hydrogen (secondary N) is 2. The van der Waals surface area contributed by atoms with E-state index in [-0.39, 0.29) is 24.7 Å². The monoisotopic (exact) mass is 722 g/mol.